The van der Waals surface area contributed by atoms with Gasteiger partial charge in [-0.1, -0.05) is 0 Å². The first-order chi connectivity index (χ1) is 13.6. The summed E-state index contributed by atoms with van der Waals surface area (Å²) < 4.78 is 2.45. The molecule has 0 saturated heterocycles. The van der Waals surface area contributed by atoms with E-state index in [9.17, 15) is 0 Å². The summed E-state index contributed by atoms with van der Waals surface area (Å²) in [6.07, 6.45) is 7.17. The van der Waals surface area contributed by atoms with Crippen molar-refractivity contribution in [3.63, 3.8) is 0 Å². The Bertz CT molecular complexity index is 953. The van der Waals surface area contributed by atoms with E-state index in [-0.39, 0.29) is 35.6 Å². The first kappa shape index (κ1) is 26.6. The zero-order chi connectivity index (χ0) is 21.0. The van der Waals surface area contributed by atoms with Crippen LogP contribution < -0.4 is 24.8 Å². The van der Waals surface area contributed by atoms with E-state index < -0.39 is 23.2 Å². The zero-order valence-electron chi connectivity index (χ0n) is 19.9. The minimum absolute atomic E-state index is 0. The monoisotopic (exact) mass is 530 g/mol. The molecule has 164 valence electrons. The second kappa shape index (κ2) is 9.71. The number of halogens is 2. The molecule has 0 saturated carbocycles. The Morgan fingerprint density at radius 1 is 0.806 bits per heavy atom. The molecule has 0 aromatic heterocycles. The maximum atomic E-state index is 2.55. The van der Waals surface area contributed by atoms with Gasteiger partial charge in [0.15, 0.2) is 0 Å². The van der Waals surface area contributed by atoms with Gasteiger partial charge < -0.3 is 24.8 Å². The molecule has 0 N–H and O–H groups in total. The van der Waals surface area contributed by atoms with Crippen molar-refractivity contribution in [1.82, 2.24) is 0 Å². The normalized spacial score (nSPS) is 15.2. The molecule has 0 spiro atoms. The fraction of sp³-hybridized carbons (Fsp3) is 0.429. The molecule has 2 aromatic carbocycles. The number of fused-ring (bicyclic) bond motifs is 3. The molecule has 0 unspecified atom stereocenters. The van der Waals surface area contributed by atoms with E-state index in [0.29, 0.717) is 3.63 Å². The predicted octanol–water partition coefficient (Wildman–Crippen LogP) is 2.07. The fourth-order valence-electron chi connectivity index (χ4n) is 4.56. The minimum Gasteiger partial charge on any atom is -1.00 e. The van der Waals surface area contributed by atoms with E-state index in [4.69, 9.17) is 0 Å². The van der Waals surface area contributed by atoms with E-state index in [1.807, 2.05) is 3.28 Å². The standard InChI is InChI=1S/C21H25.C7H9.2ClH.Zr/c1-20(2,3)16-7-9-18-14(12-16)11-15-13-17(21(4,5)6)8-10-19(15)18;1-2-7-5-3-4-6-7;;;/h7-13H,1-6H3;3,5H,2,4H2,1H3;2*1H;/q;;;;+2/p-2. The third kappa shape index (κ3) is 5.15. The van der Waals surface area contributed by atoms with Crippen molar-refractivity contribution < 1.29 is 48.0 Å². The van der Waals surface area contributed by atoms with Gasteiger partial charge in [-0.2, -0.15) is 0 Å². The number of allylic oxidation sites excluding steroid dienone is 4. The molecule has 0 amide bonds. The molecule has 3 heteroatoms. The summed E-state index contributed by atoms with van der Waals surface area (Å²) >= 11 is -0.764. The van der Waals surface area contributed by atoms with Gasteiger partial charge in [0.1, 0.15) is 0 Å². The van der Waals surface area contributed by atoms with Gasteiger partial charge >= 0.3 is 190 Å². The van der Waals surface area contributed by atoms with E-state index in [2.05, 4.69) is 97.0 Å². The van der Waals surface area contributed by atoms with Crippen LogP contribution in [-0.4, -0.2) is 0 Å². The molecule has 0 heterocycles. The molecule has 31 heavy (non-hydrogen) atoms. The molecule has 0 bridgehead atoms. The Balaban J connectivity index is 0.00000171. The quantitative estimate of drug-likeness (QED) is 0.568. The van der Waals surface area contributed by atoms with Crippen LogP contribution in [0.15, 0.2) is 57.4 Å². The fourth-order valence-corrected chi connectivity index (χ4v) is 9.03. The molecule has 0 atom stereocenters. The van der Waals surface area contributed by atoms with Crippen LogP contribution in [-0.2, 0) is 34.1 Å². The van der Waals surface area contributed by atoms with Gasteiger partial charge in [0.25, 0.3) is 0 Å². The molecule has 2 aliphatic carbocycles. The second-order valence-corrected chi connectivity index (χ2v) is 14.3. The summed E-state index contributed by atoms with van der Waals surface area (Å²) in [7, 11) is 0. The smallest absolute Gasteiger partial charge is 1.00 e. The summed E-state index contributed by atoms with van der Waals surface area (Å²) in [5.74, 6) is 0. The van der Waals surface area contributed by atoms with Crippen LogP contribution in [0.5, 0.6) is 0 Å². The van der Waals surface area contributed by atoms with Crippen LogP contribution in [0.2, 0.25) is 0 Å². The van der Waals surface area contributed by atoms with Crippen molar-refractivity contribution in [1.29, 1.82) is 0 Å². The summed E-state index contributed by atoms with van der Waals surface area (Å²) in [4.78, 5) is 0. The van der Waals surface area contributed by atoms with Crippen molar-refractivity contribution in [2.24, 2.45) is 0 Å². The van der Waals surface area contributed by atoms with Crippen LogP contribution in [0, 0.1) is 0 Å². The van der Waals surface area contributed by atoms with Crippen molar-refractivity contribution >= 4 is 0 Å². The Morgan fingerprint density at radius 2 is 1.29 bits per heavy atom. The van der Waals surface area contributed by atoms with Crippen LogP contribution >= 0.6 is 0 Å². The van der Waals surface area contributed by atoms with E-state index in [0.717, 1.165) is 0 Å². The van der Waals surface area contributed by atoms with Crippen molar-refractivity contribution in [2.45, 2.75) is 75.8 Å². The topological polar surface area (TPSA) is 0 Å². The largest absolute Gasteiger partial charge is 1.00 e. The van der Waals surface area contributed by atoms with Gasteiger partial charge in [-0.3, -0.25) is 0 Å². The van der Waals surface area contributed by atoms with Crippen molar-refractivity contribution in [2.75, 3.05) is 0 Å². The summed E-state index contributed by atoms with van der Waals surface area (Å²) in [5.41, 5.74) is 11.2. The van der Waals surface area contributed by atoms with E-state index >= 15 is 0 Å². The van der Waals surface area contributed by atoms with Gasteiger partial charge in [-0.15, -0.1) is 0 Å². The Morgan fingerprint density at radius 3 is 1.71 bits per heavy atom. The summed E-state index contributed by atoms with van der Waals surface area (Å²) in [5, 5.41) is 0. The van der Waals surface area contributed by atoms with Crippen molar-refractivity contribution in [3.05, 3.63) is 79.7 Å². The molecule has 2 aliphatic rings. The first-order valence-corrected chi connectivity index (χ1v) is 13.7. The van der Waals surface area contributed by atoms with Crippen molar-refractivity contribution in [3.8, 4) is 11.1 Å². The predicted molar refractivity (Wildman–Crippen MR) is 122 cm³/mol. The molecular weight excluding hydrogens is 498 g/mol. The number of hydrogen-bond donors (Lipinski definition) is 0. The third-order valence-electron chi connectivity index (χ3n) is 6.48. The van der Waals surface area contributed by atoms with E-state index in [1.165, 1.54) is 35.1 Å². The maximum absolute atomic E-state index is 2.55. The minimum atomic E-state index is -0.764. The second-order valence-electron chi connectivity index (χ2n) is 10.6. The SMILES string of the molecule is CCC1=[C]([Zr+2][CH]2c3cc(C(C)(C)C)ccc3-c3ccc(C(C)(C)C)cc32)CC=C1.[Cl-].[Cl-]. The van der Waals surface area contributed by atoms with E-state index in [1.54, 1.807) is 16.7 Å². The number of rotatable bonds is 3. The van der Waals surface area contributed by atoms with Crippen LogP contribution in [0.4, 0.5) is 0 Å². The van der Waals surface area contributed by atoms with Gasteiger partial charge in [0.05, 0.1) is 0 Å². The Labute approximate surface area is 213 Å². The van der Waals surface area contributed by atoms with Crippen LogP contribution in [0.1, 0.15) is 87.2 Å². The van der Waals surface area contributed by atoms with Crippen LogP contribution in [0.25, 0.3) is 11.1 Å². The summed E-state index contributed by atoms with van der Waals surface area (Å²) in [6, 6.07) is 14.6. The molecule has 4 rings (SSSR count). The molecular formula is C28H34Cl2Zr. The molecule has 0 radical (unpaired) electrons. The van der Waals surface area contributed by atoms with Gasteiger partial charge in [0, 0.05) is 0 Å². The molecule has 0 aliphatic heterocycles. The number of hydrogen-bond acceptors (Lipinski definition) is 0. The molecule has 0 nitrogen and oxygen atoms in total. The van der Waals surface area contributed by atoms with Gasteiger partial charge in [0.2, 0.25) is 0 Å². The Hall–Kier alpha value is -0.617. The molecule has 0 fully saturated rings. The van der Waals surface area contributed by atoms with Gasteiger partial charge in [-0.05, 0) is 0 Å². The summed E-state index contributed by atoms with van der Waals surface area (Å²) in [6.45, 7) is 16.3. The van der Waals surface area contributed by atoms with Gasteiger partial charge in [-0.25, -0.2) is 0 Å². The Kier molecular flexibility index (Phi) is 8.34. The molecule has 2 aromatic rings. The zero-order valence-corrected chi connectivity index (χ0v) is 23.8. The van der Waals surface area contributed by atoms with Crippen LogP contribution in [0.3, 0.4) is 0 Å². The average molecular weight is 533 g/mol. The first-order valence-electron chi connectivity index (χ1n) is 11.0. The maximum Gasteiger partial charge on any atom is -1.00 e. The third-order valence-corrected chi connectivity index (χ3v) is 10.9. The number of benzene rings is 2. The average Bonchev–Trinajstić information content (AvgIpc) is 3.22.